The third-order valence-corrected chi connectivity index (χ3v) is 5.39. The van der Waals surface area contributed by atoms with Crippen LogP contribution in [0.1, 0.15) is 5.56 Å². The molecule has 0 saturated carbocycles. The standard InChI is InChI=1S/C20H19ClFN3O4/c1-28-15-6-16(22)19(23-7-15)25-9-17(26)24(8-12-2-4-14(21)5-3-12)18(20(25)27)13-10-29-11-13/h2-7,13,18H,8-11H2,1H3. The highest BCUT2D eigenvalue weighted by atomic mass is 35.5. The molecule has 4 rings (SSSR count). The number of carbonyl (C=O) groups is 2. The molecule has 1 unspecified atom stereocenters. The fourth-order valence-electron chi connectivity index (χ4n) is 3.52. The predicted molar refractivity (Wildman–Crippen MR) is 103 cm³/mol. The first-order valence-corrected chi connectivity index (χ1v) is 9.48. The van der Waals surface area contributed by atoms with Crippen molar-refractivity contribution in [2.24, 2.45) is 5.92 Å². The van der Waals surface area contributed by atoms with Crippen LogP contribution in [0.3, 0.4) is 0 Å². The Balaban J connectivity index is 1.64. The molecule has 2 fully saturated rings. The summed E-state index contributed by atoms with van der Waals surface area (Å²) in [6.07, 6.45) is 1.32. The van der Waals surface area contributed by atoms with Gasteiger partial charge in [0.1, 0.15) is 18.3 Å². The van der Waals surface area contributed by atoms with E-state index in [2.05, 4.69) is 4.98 Å². The molecule has 2 saturated heterocycles. The number of hydrogen-bond donors (Lipinski definition) is 0. The number of carbonyl (C=O) groups excluding carboxylic acids is 2. The van der Waals surface area contributed by atoms with Crippen molar-refractivity contribution in [3.63, 3.8) is 0 Å². The Kier molecular flexibility index (Phi) is 5.38. The van der Waals surface area contributed by atoms with E-state index in [0.717, 1.165) is 16.5 Å². The summed E-state index contributed by atoms with van der Waals surface area (Å²) in [5.41, 5.74) is 0.850. The van der Waals surface area contributed by atoms with E-state index in [9.17, 15) is 14.0 Å². The molecule has 0 spiro atoms. The average Bonchev–Trinajstić information content (AvgIpc) is 2.67. The van der Waals surface area contributed by atoms with Crippen LogP contribution in [0.2, 0.25) is 5.02 Å². The molecule has 0 radical (unpaired) electrons. The SMILES string of the molecule is COc1cnc(N2CC(=O)N(Cc3ccc(Cl)cc3)C(C3COC3)C2=O)c(F)c1. The van der Waals surface area contributed by atoms with Crippen LogP contribution < -0.4 is 9.64 Å². The van der Waals surface area contributed by atoms with Crippen molar-refractivity contribution in [2.75, 3.05) is 31.8 Å². The molecule has 0 aliphatic carbocycles. The normalized spacial score (nSPS) is 20.0. The minimum absolute atomic E-state index is 0.150. The smallest absolute Gasteiger partial charge is 0.251 e. The van der Waals surface area contributed by atoms with E-state index in [0.29, 0.717) is 18.2 Å². The maximum atomic E-state index is 14.5. The maximum absolute atomic E-state index is 14.5. The molecule has 2 aliphatic heterocycles. The van der Waals surface area contributed by atoms with Gasteiger partial charge in [-0.3, -0.25) is 14.5 Å². The lowest BCUT2D eigenvalue weighted by Gasteiger charge is -2.45. The quantitative estimate of drug-likeness (QED) is 0.743. The summed E-state index contributed by atoms with van der Waals surface area (Å²) in [7, 11) is 1.40. The lowest BCUT2D eigenvalue weighted by Crippen LogP contribution is -2.65. The molecule has 1 aromatic heterocycles. The number of nitrogens with zero attached hydrogens (tertiary/aromatic N) is 3. The van der Waals surface area contributed by atoms with Gasteiger partial charge in [-0.05, 0) is 17.7 Å². The van der Waals surface area contributed by atoms with Gasteiger partial charge >= 0.3 is 0 Å². The van der Waals surface area contributed by atoms with Gasteiger partial charge in [0.15, 0.2) is 11.6 Å². The van der Waals surface area contributed by atoms with E-state index in [-0.39, 0.29) is 42.4 Å². The van der Waals surface area contributed by atoms with Gasteiger partial charge in [-0.15, -0.1) is 0 Å². The molecule has 2 amide bonds. The van der Waals surface area contributed by atoms with Crippen LogP contribution in [0.25, 0.3) is 0 Å². The number of rotatable bonds is 5. The van der Waals surface area contributed by atoms with E-state index >= 15 is 0 Å². The van der Waals surface area contributed by atoms with Gasteiger partial charge in [0, 0.05) is 23.6 Å². The van der Waals surface area contributed by atoms with Crippen molar-refractivity contribution in [3.8, 4) is 5.75 Å². The molecule has 152 valence electrons. The molecule has 9 heteroatoms. The monoisotopic (exact) mass is 419 g/mol. The van der Waals surface area contributed by atoms with E-state index in [1.807, 2.05) is 12.1 Å². The van der Waals surface area contributed by atoms with Crippen molar-refractivity contribution >= 4 is 29.2 Å². The highest BCUT2D eigenvalue weighted by Crippen LogP contribution is 2.30. The minimum Gasteiger partial charge on any atom is -0.495 e. The summed E-state index contributed by atoms with van der Waals surface area (Å²) in [4.78, 5) is 32.9. The summed E-state index contributed by atoms with van der Waals surface area (Å²) in [6, 6.07) is 7.48. The zero-order valence-corrected chi connectivity index (χ0v) is 16.4. The fourth-order valence-corrected chi connectivity index (χ4v) is 3.65. The molecule has 0 bridgehead atoms. The van der Waals surface area contributed by atoms with Crippen LogP contribution in [-0.2, 0) is 20.9 Å². The Morgan fingerprint density at radius 2 is 2.00 bits per heavy atom. The molecule has 2 aromatic rings. The summed E-state index contributed by atoms with van der Waals surface area (Å²) in [6.45, 7) is 0.711. The molecule has 1 aromatic carbocycles. The van der Waals surface area contributed by atoms with Crippen LogP contribution >= 0.6 is 11.6 Å². The minimum atomic E-state index is -0.746. The largest absolute Gasteiger partial charge is 0.495 e. The van der Waals surface area contributed by atoms with Crippen LogP contribution in [0.15, 0.2) is 36.5 Å². The summed E-state index contributed by atoms with van der Waals surface area (Å²) >= 11 is 5.93. The van der Waals surface area contributed by atoms with E-state index in [4.69, 9.17) is 21.1 Å². The summed E-state index contributed by atoms with van der Waals surface area (Å²) in [5.74, 6) is -1.48. The number of aromatic nitrogens is 1. The van der Waals surface area contributed by atoms with Crippen molar-refractivity contribution in [3.05, 3.63) is 52.9 Å². The lowest BCUT2D eigenvalue weighted by molar-refractivity contribution is -0.155. The van der Waals surface area contributed by atoms with Gasteiger partial charge in [0.2, 0.25) is 5.91 Å². The van der Waals surface area contributed by atoms with Crippen LogP contribution in [0.5, 0.6) is 5.75 Å². The first kappa shape index (κ1) is 19.6. The second-order valence-corrected chi connectivity index (χ2v) is 7.43. The third-order valence-electron chi connectivity index (χ3n) is 5.13. The lowest BCUT2D eigenvalue weighted by atomic mass is 9.92. The van der Waals surface area contributed by atoms with Crippen molar-refractivity contribution in [1.29, 1.82) is 0 Å². The molecule has 2 aliphatic rings. The first-order valence-electron chi connectivity index (χ1n) is 9.10. The van der Waals surface area contributed by atoms with Crippen LogP contribution in [0.4, 0.5) is 10.2 Å². The second-order valence-electron chi connectivity index (χ2n) is 7.00. The van der Waals surface area contributed by atoms with E-state index < -0.39 is 11.9 Å². The Bertz CT molecular complexity index is 936. The van der Waals surface area contributed by atoms with Crippen molar-refractivity contribution in [1.82, 2.24) is 9.88 Å². The van der Waals surface area contributed by atoms with Crippen molar-refractivity contribution < 1.29 is 23.5 Å². The highest BCUT2D eigenvalue weighted by molar-refractivity contribution is 6.30. The molecule has 3 heterocycles. The number of anilines is 1. The zero-order valence-electron chi connectivity index (χ0n) is 15.7. The van der Waals surface area contributed by atoms with Crippen molar-refractivity contribution in [2.45, 2.75) is 12.6 Å². The maximum Gasteiger partial charge on any atom is 0.251 e. The number of methoxy groups -OCH3 is 1. The number of hydrogen-bond acceptors (Lipinski definition) is 5. The number of halogens is 2. The van der Waals surface area contributed by atoms with Gasteiger partial charge in [-0.1, -0.05) is 23.7 Å². The Morgan fingerprint density at radius 1 is 1.28 bits per heavy atom. The van der Waals surface area contributed by atoms with E-state index in [1.165, 1.54) is 18.2 Å². The number of amides is 2. The number of piperazine rings is 1. The Hall–Kier alpha value is -2.71. The molecule has 1 atom stereocenters. The molecular formula is C20H19ClFN3O4. The highest BCUT2D eigenvalue weighted by Gasteiger charge is 2.47. The second kappa shape index (κ2) is 7.96. The van der Waals surface area contributed by atoms with Gasteiger partial charge in [0.25, 0.3) is 5.91 Å². The molecule has 7 nitrogen and oxygen atoms in total. The number of pyridine rings is 1. The predicted octanol–water partition coefficient (Wildman–Crippen LogP) is 2.27. The number of ether oxygens (including phenoxy) is 2. The van der Waals surface area contributed by atoms with E-state index in [1.54, 1.807) is 12.1 Å². The Morgan fingerprint density at radius 3 is 2.59 bits per heavy atom. The van der Waals surface area contributed by atoms with Crippen LogP contribution in [-0.4, -0.2) is 54.6 Å². The molecule has 0 N–H and O–H groups in total. The topological polar surface area (TPSA) is 72.0 Å². The fraction of sp³-hybridized carbons (Fsp3) is 0.350. The molecule has 29 heavy (non-hydrogen) atoms. The van der Waals surface area contributed by atoms with Gasteiger partial charge in [-0.25, -0.2) is 9.37 Å². The van der Waals surface area contributed by atoms with Crippen LogP contribution in [0, 0.1) is 11.7 Å². The third kappa shape index (κ3) is 3.77. The van der Waals surface area contributed by atoms with Gasteiger partial charge < -0.3 is 14.4 Å². The Labute approximate surface area is 172 Å². The number of benzene rings is 1. The van der Waals surface area contributed by atoms with Gasteiger partial charge in [-0.2, -0.15) is 0 Å². The summed E-state index contributed by atoms with van der Waals surface area (Å²) < 4.78 is 24.7. The zero-order chi connectivity index (χ0) is 20.5. The van der Waals surface area contributed by atoms with Gasteiger partial charge in [0.05, 0.1) is 26.5 Å². The first-order chi connectivity index (χ1) is 14.0. The average molecular weight is 420 g/mol. The summed E-state index contributed by atoms with van der Waals surface area (Å²) in [5, 5.41) is 0.589. The molecular weight excluding hydrogens is 401 g/mol.